The van der Waals surface area contributed by atoms with Crippen molar-refractivity contribution < 1.29 is 9.57 Å². The van der Waals surface area contributed by atoms with Gasteiger partial charge in [-0.1, -0.05) is 11.6 Å². The Kier molecular flexibility index (Phi) is 3.87. The summed E-state index contributed by atoms with van der Waals surface area (Å²) in [5, 5.41) is 0.677. The summed E-state index contributed by atoms with van der Waals surface area (Å²) in [4.78, 5) is 4.41. The normalized spacial score (nSPS) is 12.8. The van der Waals surface area contributed by atoms with Gasteiger partial charge in [0.1, 0.15) is 5.75 Å². The van der Waals surface area contributed by atoms with Crippen molar-refractivity contribution >= 4 is 11.6 Å². The highest BCUT2D eigenvalue weighted by atomic mass is 35.5. The fraction of sp³-hybridized carbons (Fsp3) is 0.250. The van der Waals surface area contributed by atoms with Crippen LogP contribution in [0.5, 0.6) is 5.75 Å². The molecule has 0 bridgehead atoms. The molecule has 66 valence electrons. The Morgan fingerprint density at radius 2 is 1.75 bits per heavy atom. The van der Waals surface area contributed by atoms with Gasteiger partial charge in [0.25, 0.3) is 0 Å². The standard InChI is InChI=1S/C6H6ClNO.C2H4O/c7-5-1-3-6(9-8)4-2-5;1-2-3-1/h1-4H,8H2;1-2H2. The van der Waals surface area contributed by atoms with Crippen molar-refractivity contribution in [1.29, 1.82) is 0 Å². The van der Waals surface area contributed by atoms with Gasteiger partial charge in [-0.2, -0.15) is 5.90 Å². The van der Waals surface area contributed by atoms with E-state index in [0.29, 0.717) is 10.8 Å². The Labute approximate surface area is 76.0 Å². The summed E-state index contributed by atoms with van der Waals surface area (Å²) in [6.07, 6.45) is 0. The van der Waals surface area contributed by atoms with Gasteiger partial charge in [-0.3, -0.25) is 0 Å². The van der Waals surface area contributed by atoms with Crippen LogP contribution in [0, 0.1) is 0 Å². The van der Waals surface area contributed by atoms with E-state index in [1.165, 1.54) is 0 Å². The first-order valence-electron chi connectivity index (χ1n) is 3.53. The summed E-state index contributed by atoms with van der Waals surface area (Å²) in [6, 6.07) is 6.82. The molecular weight excluding hydrogens is 178 g/mol. The number of benzene rings is 1. The highest BCUT2D eigenvalue weighted by Gasteiger charge is 1.94. The lowest BCUT2D eigenvalue weighted by Gasteiger charge is -1.94. The van der Waals surface area contributed by atoms with E-state index in [1.807, 2.05) is 0 Å². The highest BCUT2D eigenvalue weighted by Crippen LogP contribution is 2.13. The van der Waals surface area contributed by atoms with E-state index < -0.39 is 0 Å². The molecule has 1 aromatic rings. The van der Waals surface area contributed by atoms with E-state index >= 15 is 0 Å². The minimum Gasteiger partial charge on any atom is -0.412 e. The molecule has 0 atom stereocenters. The van der Waals surface area contributed by atoms with Crippen LogP contribution < -0.4 is 10.7 Å². The summed E-state index contributed by atoms with van der Waals surface area (Å²) in [6.45, 7) is 2.00. The molecule has 1 aliphatic rings. The van der Waals surface area contributed by atoms with Crippen LogP contribution in [0.3, 0.4) is 0 Å². The third-order valence-electron chi connectivity index (χ3n) is 1.15. The van der Waals surface area contributed by atoms with Crippen LogP contribution in [0.15, 0.2) is 24.3 Å². The van der Waals surface area contributed by atoms with E-state index in [1.54, 1.807) is 24.3 Å². The summed E-state index contributed by atoms with van der Waals surface area (Å²) in [5.41, 5.74) is 0. The summed E-state index contributed by atoms with van der Waals surface area (Å²) < 4.78 is 4.50. The highest BCUT2D eigenvalue weighted by molar-refractivity contribution is 6.30. The molecule has 12 heavy (non-hydrogen) atoms. The third kappa shape index (κ3) is 4.18. The lowest BCUT2D eigenvalue weighted by molar-refractivity contribution is 0.334. The van der Waals surface area contributed by atoms with Crippen molar-refractivity contribution in [3.05, 3.63) is 29.3 Å². The minimum atomic E-state index is 0.611. The molecule has 1 aromatic carbocycles. The van der Waals surface area contributed by atoms with Crippen LogP contribution in [0.4, 0.5) is 0 Å². The van der Waals surface area contributed by atoms with Crippen LogP contribution in [-0.2, 0) is 4.74 Å². The Balaban J connectivity index is 0.000000200. The van der Waals surface area contributed by atoms with Gasteiger partial charge in [-0.05, 0) is 24.3 Å². The summed E-state index contributed by atoms with van der Waals surface area (Å²) in [5.74, 6) is 5.47. The summed E-state index contributed by atoms with van der Waals surface area (Å²) >= 11 is 5.57. The van der Waals surface area contributed by atoms with E-state index in [0.717, 1.165) is 13.2 Å². The maximum absolute atomic E-state index is 5.57. The molecule has 4 heteroatoms. The molecule has 1 saturated heterocycles. The van der Waals surface area contributed by atoms with Crippen molar-refractivity contribution in [2.75, 3.05) is 13.2 Å². The zero-order chi connectivity index (χ0) is 8.81. The van der Waals surface area contributed by atoms with E-state index in [-0.39, 0.29) is 0 Å². The molecule has 3 nitrogen and oxygen atoms in total. The molecular formula is C8H10ClNO2. The van der Waals surface area contributed by atoms with Crippen LogP contribution in [0.25, 0.3) is 0 Å². The van der Waals surface area contributed by atoms with Crippen molar-refractivity contribution in [2.45, 2.75) is 0 Å². The van der Waals surface area contributed by atoms with Gasteiger partial charge in [0.15, 0.2) is 0 Å². The molecule has 0 saturated carbocycles. The number of ether oxygens (including phenoxy) is 1. The van der Waals surface area contributed by atoms with Crippen molar-refractivity contribution in [2.24, 2.45) is 5.90 Å². The van der Waals surface area contributed by atoms with Gasteiger partial charge in [-0.15, -0.1) is 0 Å². The zero-order valence-electron chi connectivity index (χ0n) is 6.50. The maximum Gasteiger partial charge on any atom is 0.146 e. The smallest absolute Gasteiger partial charge is 0.146 e. The molecule has 1 fully saturated rings. The molecule has 0 amide bonds. The van der Waals surface area contributed by atoms with E-state index in [4.69, 9.17) is 17.5 Å². The first-order chi connectivity index (χ1) is 5.83. The van der Waals surface area contributed by atoms with Crippen molar-refractivity contribution in [3.8, 4) is 5.75 Å². The largest absolute Gasteiger partial charge is 0.412 e. The average Bonchev–Trinajstić information content (AvgIpc) is 2.92. The molecule has 2 rings (SSSR count). The number of hydrogen-bond donors (Lipinski definition) is 1. The van der Waals surface area contributed by atoms with Crippen molar-refractivity contribution in [1.82, 2.24) is 0 Å². The molecule has 1 heterocycles. The first-order valence-corrected chi connectivity index (χ1v) is 3.91. The molecule has 0 unspecified atom stereocenters. The third-order valence-corrected chi connectivity index (χ3v) is 1.41. The second-order valence-corrected chi connectivity index (χ2v) is 2.62. The number of nitrogens with two attached hydrogens (primary N) is 1. The Hall–Kier alpha value is -0.770. The molecule has 2 N–H and O–H groups in total. The van der Waals surface area contributed by atoms with Gasteiger partial charge >= 0.3 is 0 Å². The fourth-order valence-corrected chi connectivity index (χ4v) is 0.639. The molecule has 0 spiro atoms. The van der Waals surface area contributed by atoms with Gasteiger partial charge in [0.05, 0.1) is 13.2 Å². The Bertz CT molecular complexity index is 220. The second kappa shape index (κ2) is 4.98. The Morgan fingerprint density at radius 3 is 2.08 bits per heavy atom. The molecule has 0 radical (unpaired) electrons. The van der Waals surface area contributed by atoms with Gasteiger partial charge in [-0.25, -0.2) is 0 Å². The fourth-order valence-electron chi connectivity index (χ4n) is 0.513. The SMILES string of the molecule is C1CO1.NOc1ccc(Cl)cc1. The maximum atomic E-state index is 5.57. The minimum absolute atomic E-state index is 0.611. The van der Waals surface area contributed by atoms with Gasteiger partial charge < -0.3 is 9.57 Å². The van der Waals surface area contributed by atoms with Crippen LogP contribution in [-0.4, -0.2) is 13.2 Å². The number of rotatable bonds is 1. The zero-order valence-corrected chi connectivity index (χ0v) is 7.25. The lowest BCUT2D eigenvalue weighted by Crippen LogP contribution is -2.00. The quantitative estimate of drug-likeness (QED) is 0.537. The lowest BCUT2D eigenvalue weighted by atomic mass is 10.3. The van der Waals surface area contributed by atoms with Crippen LogP contribution >= 0.6 is 11.6 Å². The number of halogens is 1. The predicted molar refractivity (Wildman–Crippen MR) is 47.1 cm³/mol. The topological polar surface area (TPSA) is 47.8 Å². The monoisotopic (exact) mass is 187 g/mol. The number of epoxide rings is 1. The first kappa shape index (κ1) is 9.32. The molecule has 0 aromatic heterocycles. The molecule has 0 aliphatic carbocycles. The average molecular weight is 188 g/mol. The molecule has 1 aliphatic heterocycles. The van der Waals surface area contributed by atoms with Crippen LogP contribution in [0.1, 0.15) is 0 Å². The predicted octanol–water partition coefficient (Wildman–Crippen LogP) is 1.61. The second-order valence-electron chi connectivity index (χ2n) is 2.18. The Morgan fingerprint density at radius 1 is 1.25 bits per heavy atom. The van der Waals surface area contributed by atoms with Gasteiger partial charge in [0, 0.05) is 5.02 Å². The van der Waals surface area contributed by atoms with E-state index in [9.17, 15) is 0 Å². The van der Waals surface area contributed by atoms with Crippen molar-refractivity contribution in [3.63, 3.8) is 0 Å². The van der Waals surface area contributed by atoms with E-state index in [2.05, 4.69) is 9.57 Å². The van der Waals surface area contributed by atoms with Crippen LogP contribution in [0.2, 0.25) is 5.02 Å². The summed E-state index contributed by atoms with van der Waals surface area (Å²) in [7, 11) is 0. The van der Waals surface area contributed by atoms with Gasteiger partial charge in [0.2, 0.25) is 0 Å². The number of hydrogen-bond acceptors (Lipinski definition) is 3.